The Balaban J connectivity index is 3.30. The number of hydrogen-bond donors (Lipinski definition) is 18. The van der Waals surface area contributed by atoms with Crippen molar-refractivity contribution in [3.05, 3.63) is 35.9 Å². The molecule has 0 fully saturated rings. The van der Waals surface area contributed by atoms with Gasteiger partial charge in [-0.2, -0.15) is 0 Å². The number of rotatable bonds is 35. The molecular weight excluding hydrogens is 977 g/mol. The number of carbonyl (C=O) groups excluding carboxylic acids is 9. The van der Waals surface area contributed by atoms with Crippen LogP contribution in [0.4, 0.5) is 0 Å². The van der Waals surface area contributed by atoms with Crippen molar-refractivity contribution in [1.29, 1.82) is 0 Å². The van der Waals surface area contributed by atoms with Crippen molar-refractivity contribution in [1.82, 2.24) is 47.9 Å². The van der Waals surface area contributed by atoms with E-state index in [1.54, 1.807) is 44.2 Å². The summed E-state index contributed by atoms with van der Waals surface area (Å²) in [7, 11) is 0. The molecule has 0 unspecified atom stereocenters. The Morgan fingerprint density at radius 3 is 1.57 bits per heavy atom. The highest BCUT2D eigenvalue weighted by molar-refractivity contribution is 5.98. The average Bonchev–Trinajstić information content (AvgIpc) is 3.34. The normalized spacial score (nSPS) is 15.1. The standard InChI is InChI=1S/C45H76N14O15/c1-23(2)17-30(40(69)59-36(25(4)63)44(73)74)56-43(72)35(24(3)62)58-41(70)31(18-26-11-6-5-7-12-26)55-42(71)32(22-61)57-39(68)29(13-8-9-15-46)54-34(65)20-52-38(67)28(14-10-16-50-45(48)49)53-33(64)19-51-37(66)27(47)21-60/h5-7,11-12,23-25,27-32,35-36,60-63H,8-10,13-22,46-47H2,1-4H3,(H,51,66)(H,52,67)(H,53,64)(H,54,65)(H,55,71)(H,56,72)(H,57,68)(H,58,70)(H,59,69)(H,73,74)(H4,48,49,50)/t24-,25-,27+,28+,29+,30+,31+,32+,35+,36+/m1/s1. The van der Waals surface area contributed by atoms with Gasteiger partial charge in [-0.25, -0.2) is 4.79 Å². The van der Waals surface area contributed by atoms with Gasteiger partial charge in [0, 0.05) is 13.0 Å². The van der Waals surface area contributed by atoms with Crippen LogP contribution in [-0.4, -0.2) is 191 Å². The molecule has 9 amide bonds. The number of benzene rings is 1. The number of nitrogens with one attached hydrogen (secondary N) is 9. The van der Waals surface area contributed by atoms with Crippen molar-refractivity contribution in [2.75, 3.05) is 39.4 Å². The van der Waals surface area contributed by atoms with Crippen molar-refractivity contribution >= 4 is 65.1 Å². The number of nitrogens with zero attached hydrogens (tertiary/aromatic N) is 1. The van der Waals surface area contributed by atoms with Crippen molar-refractivity contribution in [3.63, 3.8) is 0 Å². The van der Waals surface area contributed by atoms with Gasteiger partial charge in [-0.1, -0.05) is 44.2 Å². The largest absolute Gasteiger partial charge is 0.480 e. The smallest absolute Gasteiger partial charge is 0.328 e. The summed E-state index contributed by atoms with van der Waals surface area (Å²) in [6.07, 6.45) is -2.61. The third-order valence-corrected chi connectivity index (χ3v) is 10.8. The Morgan fingerprint density at radius 1 is 0.568 bits per heavy atom. The molecule has 1 rings (SSSR count). The predicted octanol–water partition coefficient (Wildman–Crippen LogP) is -7.76. The third kappa shape index (κ3) is 25.1. The lowest BCUT2D eigenvalue weighted by molar-refractivity contribution is -0.145. The van der Waals surface area contributed by atoms with E-state index in [0.29, 0.717) is 12.0 Å². The summed E-state index contributed by atoms with van der Waals surface area (Å²) >= 11 is 0. The van der Waals surface area contributed by atoms with E-state index in [1.807, 2.05) is 0 Å². The van der Waals surface area contributed by atoms with Gasteiger partial charge in [0.25, 0.3) is 0 Å². The quantitative estimate of drug-likeness (QED) is 0.0171. The number of guanidine groups is 1. The number of aliphatic hydroxyl groups excluding tert-OH is 4. The first kappa shape index (κ1) is 65.0. The Kier molecular flexibility index (Phi) is 30.2. The molecule has 74 heavy (non-hydrogen) atoms. The van der Waals surface area contributed by atoms with E-state index in [1.165, 1.54) is 0 Å². The molecule has 1 aromatic carbocycles. The Labute approximate surface area is 427 Å². The minimum absolute atomic E-state index is 0.0288. The topological polar surface area (TPSA) is 497 Å². The number of aliphatic imine (C=N–C) groups is 1. The maximum absolute atomic E-state index is 14.0. The molecule has 0 saturated carbocycles. The van der Waals surface area contributed by atoms with Gasteiger partial charge < -0.3 is 96.3 Å². The van der Waals surface area contributed by atoms with Gasteiger partial charge in [0.15, 0.2) is 12.0 Å². The van der Waals surface area contributed by atoms with E-state index in [2.05, 4.69) is 52.8 Å². The summed E-state index contributed by atoms with van der Waals surface area (Å²) < 4.78 is 0. The van der Waals surface area contributed by atoms with Crippen LogP contribution in [0.25, 0.3) is 0 Å². The molecule has 29 heteroatoms. The predicted molar refractivity (Wildman–Crippen MR) is 265 cm³/mol. The molecule has 0 heterocycles. The molecule has 1 aromatic rings. The lowest BCUT2D eigenvalue weighted by Gasteiger charge is -2.29. The zero-order valence-electron chi connectivity index (χ0n) is 42.0. The number of nitrogens with two attached hydrogens (primary N) is 4. The fourth-order valence-electron chi connectivity index (χ4n) is 6.76. The van der Waals surface area contributed by atoms with Crippen molar-refractivity contribution in [3.8, 4) is 0 Å². The molecule has 0 aromatic heterocycles. The van der Waals surface area contributed by atoms with Gasteiger partial charge in [-0.15, -0.1) is 0 Å². The van der Waals surface area contributed by atoms with E-state index in [9.17, 15) is 68.4 Å². The number of amides is 9. The van der Waals surface area contributed by atoms with Crippen molar-refractivity contribution < 1.29 is 73.5 Å². The molecule has 0 radical (unpaired) electrons. The highest BCUT2D eigenvalue weighted by Gasteiger charge is 2.36. The molecule has 0 aliphatic carbocycles. The van der Waals surface area contributed by atoms with Crippen LogP contribution in [0.1, 0.15) is 71.8 Å². The molecule has 416 valence electrons. The molecule has 10 atom stereocenters. The zero-order valence-corrected chi connectivity index (χ0v) is 42.0. The Morgan fingerprint density at radius 2 is 1.05 bits per heavy atom. The fourth-order valence-corrected chi connectivity index (χ4v) is 6.76. The molecule has 22 N–H and O–H groups in total. The van der Waals surface area contributed by atoms with Crippen LogP contribution in [-0.2, 0) is 54.4 Å². The minimum atomic E-state index is -1.76. The van der Waals surface area contributed by atoms with Crippen LogP contribution in [0.5, 0.6) is 0 Å². The van der Waals surface area contributed by atoms with Gasteiger partial charge >= 0.3 is 5.97 Å². The number of carboxylic acid groups (broad SMARTS) is 1. The van der Waals surface area contributed by atoms with Gasteiger partial charge in [0.2, 0.25) is 53.2 Å². The molecule has 0 aliphatic rings. The van der Waals surface area contributed by atoms with E-state index in [0.717, 1.165) is 13.8 Å². The lowest BCUT2D eigenvalue weighted by atomic mass is 10.0. The van der Waals surface area contributed by atoms with Crippen molar-refractivity contribution in [2.24, 2.45) is 33.8 Å². The minimum Gasteiger partial charge on any atom is -0.480 e. The van der Waals surface area contributed by atoms with E-state index < -0.39 is 146 Å². The highest BCUT2D eigenvalue weighted by Crippen LogP contribution is 2.10. The number of carboxylic acids is 1. The Hall–Kier alpha value is -7.05. The first-order chi connectivity index (χ1) is 34.8. The van der Waals surface area contributed by atoms with Crippen LogP contribution in [0.3, 0.4) is 0 Å². The summed E-state index contributed by atoms with van der Waals surface area (Å²) in [6, 6.07) is -3.94. The van der Waals surface area contributed by atoms with E-state index in [4.69, 9.17) is 28.0 Å². The number of aliphatic carboxylic acids is 1. The molecule has 0 bridgehead atoms. The Bertz CT molecular complexity index is 2040. The monoisotopic (exact) mass is 1050 g/mol. The number of aliphatic hydroxyl groups is 4. The van der Waals surface area contributed by atoms with Gasteiger partial charge in [0.05, 0.1) is 38.5 Å². The molecular formula is C45H76N14O15. The number of carbonyl (C=O) groups is 10. The summed E-state index contributed by atoms with van der Waals surface area (Å²) in [4.78, 5) is 135. The molecule has 0 saturated heterocycles. The number of hydrogen-bond acceptors (Lipinski definition) is 17. The third-order valence-electron chi connectivity index (χ3n) is 10.8. The zero-order chi connectivity index (χ0) is 56.1. The van der Waals surface area contributed by atoms with E-state index in [-0.39, 0.29) is 63.5 Å². The fraction of sp³-hybridized carbons (Fsp3) is 0.622. The van der Waals surface area contributed by atoms with Crippen LogP contribution in [0.2, 0.25) is 0 Å². The first-order valence-corrected chi connectivity index (χ1v) is 23.9. The second-order valence-electron chi connectivity index (χ2n) is 17.7. The first-order valence-electron chi connectivity index (χ1n) is 23.9. The molecule has 0 aliphatic heterocycles. The second kappa shape index (κ2) is 34.4. The maximum Gasteiger partial charge on any atom is 0.328 e. The van der Waals surface area contributed by atoms with Gasteiger partial charge in [0.1, 0.15) is 42.3 Å². The summed E-state index contributed by atoms with van der Waals surface area (Å²) in [5, 5.41) is 70.6. The van der Waals surface area contributed by atoms with Gasteiger partial charge in [-0.3, -0.25) is 48.1 Å². The van der Waals surface area contributed by atoms with E-state index >= 15 is 0 Å². The molecule has 29 nitrogen and oxygen atoms in total. The highest BCUT2D eigenvalue weighted by atomic mass is 16.4. The van der Waals surface area contributed by atoms with Crippen LogP contribution >= 0.6 is 0 Å². The SMILES string of the molecule is CC(C)C[C@H](NC(=O)[C@@H](NC(=O)[C@H](Cc1ccccc1)NC(=O)[C@H](CO)NC(=O)[C@H](CCCCN)NC(=O)CNC(=O)[C@H](CCCN=C(N)N)NC(=O)CNC(=O)[C@@H](N)CO)[C@@H](C)O)C(=O)N[C@H](C(=O)O)[C@@H](C)O. The summed E-state index contributed by atoms with van der Waals surface area (Å²) in [6.45, 7) is 2.94. The van der Waals surface area contributed by atoms with Crippen LogP contribution in [0.15, 0.2) is 35.3 Å². The average molecular weight is 1050 g/mol. The van der Waals surface area contributed by atoms with Crippen LogP contribution in [0, 0.1) is 5.92 Å². The van der Waals surface area contributed by atoms with Gasteiger partial charge in [-0.05, 0) is 70.4 Å². The summed E-state index contributed by atoms with van der Waals surface area (Å²) in [5.74, 6) is -10.6. The summed E-state index contributed by atoms with van der Waals surface area (Å²) in [5.41, 5.74) is 22.3. The lowest BCUT2D eigenvalue weighted by Crippen LogP contribution is -2.62. The molecule has 0 spiro atoms. The maximum atomic E-state index is 14.0. The number of unbranched alkanes of at least 4 members (excludes halogenated alkanes) is 1. The second-order valence-corrected chi connectivity index (χ2v) is 17.7. The van der Waals surface area contributed by atoms with Crippen LogP contribution < -0.4 is 70.8 Å². The van der Waals surface area contributed by atoms with Crippen molar-refractivity contribution in [2.45, 2.75) is 133 Å².